The molecule has 0 spiro atoms. The molecule has 0 radical (unpaired) electrons. The second kappa shape index (κ2) is 9.08. The van der Waals surface area contributed by atoms with Gasteiger partial charge in [0, 0.05) is 25.2 Å². The lowest BCUT2D eigenvalue weighted by Crippen LogP contribution is -2.38. The number of ether oxygens (including phenoxy) is 4. The molecule has 6 nitrogen and oxygen atoms in total. The zero-order valence-electron chi connectivity index (χ0n) is 16.1. The van der Waals surface area contributed by atoms with Crippen LogP contribution in [-0.2, 0) is 4.74 Å². The van der Waals surface area contributed by atoms with Gasteiger partial charge in [-0.2, -0.15) is 0 Å². The summed E-state index contributed by atoms with van der Waals surface area (Å²) in [6, 6.07) is 11.7. The highest BCUT2D eigenvalue weighted by Gasteiger charge is 2.19. The molecule has 2 aromatic carbocycles. The number of benzene rings is 2. The fraction of sp³-hybridized carbons (Fsp3) is 0.429. The Morgan fingerprint density at radius 2 is 1.59 bits per heavy atom. The van der Waals surface area contributed by atoms with Gasteiger partial charge in [-0.25, -0.2) is 0 Å². The van der Waals surface area contributed by atoms with Crippen molar-refractivity contribution >= 4 is 0 Å². The van der Waals surface area contributed by atoms with E-state index in [0.717, 1.165) is 43.0 Å². The van der Waals surface area contributed by atoms with Crippen molar-refractivity contribution < 1.29 is 24.1 Å². The first-order valence-electron chi connectivity index (χ1n) is 9.05. The Bertz CT molecular complexity index is 741. The smallest absolute Gasteiger partial charge is 0.203 e. The predicted molar refractivity (Wildman–Crippen MR) is 104 cm³/mol. The minimum Gasteiger partial charge on any atom is -0.493 e. The predicted octanol–water partition coefficient (Wildman–Crippen LogP) is 2.75. The zero-order chi connectivity index (χ0) is 19.2. The number of morpholine rings is 1. The molecule has 1 N–H and O–H groups in total. The molecule has 6 heteroatoms. The molecule has 1 fully saturated rings. The van der Waals surface area contributed by atoms with Crippen molar-refractivity contribution in [3.8, 4) is 28.4 Å². The molecule has 1 aliphatic rings. The van der Waals surface area contributed by atoms with E-state index in [0.29, 0.717) is 23.8 Å². The highest BCUT2D eigenvalue weighted by atomic mass is 16.5. The third-order valence-corrected chi connectivity index (χ3v) is 4.85. The van der Waals surface area contributed by atoms with Gasteiger partial charge in [0.15, 0.2) is 11.5 Å². The Morgan fingerprint density at radius 3 is 2.19 bits per heavy atom. The molecule has 2 aromatic rings. The summed E-state index contributed by atoms with van der Waals surface area (Å²) in [6.07, 6.45) is -0.524. The molecule has 0 aromatic heterocycles. The lowest BCUT2D eigenvalue weighted by Gasteiger charge is -2.28. The first kappa shape index (κ1) is 19.5. The Balaban J connectivity index is 1.80. The first-order valence-corrected chi connectivity index (χ1v) is 9.05. The Morgan fingerprint density at radius 1 is 0.926 bits per heavy atom. The number of β-amino-alcohol motifs (C(OH)–C–C–N with tert-alkyl or cyclic N) is 1. The molecule has 0 amide bonds. The maximum absolute atomic E-state index is 10.5. The van der Waals surface area contributed by atoms with Gasteiger partial charge < -0.3 is 24.1 Å². The van der Waals surface area contributed by atoms with Crippen LogP contribution < -0.4 is 14.2 Å². The van der Waals surface area contributed by atoms with Crippen LogP contribution >= 0.6 is 0 Å². The normalized spacial score (nSPS) is 16.0. The van der Waals surface area contributed by atoms with Crippen LogP contribution in [0.15, 0.2) is 36.4 Å². The molecule has 1 aliphatic heterocycles. The topological polar surface area (TPSA) is 60.4 Å². The molecule has 27 heavy (non-hydrogen) atoms. The second-order valence-corrected chi connectivity index (χ2v) is 6.43. The van der Waals surface area contributed by atoms with Gasteiger partial charge in [0.1, 0.15) is 0 Å². The standard InChI is InChI=1S/C21H27NO5/c1-24-19-9-8-17(20(25-2)21(19)26-3)15-4-6-16(7-5-15)18(23)14-22-10-12-27-13-11-22/h4-9,18,23H,10-14H2,1-3H3/t18-/m1/s1. The summed E-state index contributed by atoms with van der Waals surface area (Å²) >= 11 is 0. The lowest BCUT2D eigenvalue weighted by molar-refractivity contribution is 0.0143. The SMILES string of the molecule is COc1ccc(-c2ccc([C@H](O)CN3CCOCC3)cc2)c(OC)c1OC. The van der Waals surface area contributed by atoms with Gasteiger partial charge in [0.25, 0.3) is 0 Å². The largest absolute Gasteiger partial charge is 0.493 e. The van der Waals surface area contributed by atoms with Crippen LogP contribution in [0.4, 0.5) is 0 Å². The molecule has 1 heterocycles. The number of hydrogen-bond acceptors (Lipinski definition) is 6. The molecule has 0 bridgehead atoms. The number of nitrogens with zero attached hydrogens (tertiary/aromatic N) is 1. The van der Waals surface area contributed by atoms with E-state index in [9.17, 15) is 5.11 Å². The molecule has 0 aliphatic carbocycles. The van der Waals surface area contributed by atoms with Crippen molar-refractivity contribution in [2.75, 3.05) is 54.2 Å². The van der Waals surface area contributed by atoms with Crippen molar-refractivity contribution in [1.29, 1.82) is 0 Å². The average molecular weight is 373 g/mol. The highest BCUT2D eigenvalue weighted by Crippen LogP contribution is 2.44. The minimum absolute atomic E-state index is 0.524. The Hall–Kier alpha value is -2.28. The van der Waals surface area contributed by atoms with E-state index in [1.54, 1.807) is 21.3 Å². The minimum atomic E-state index is -0.524. The zero-order valence-corrected chi connectivity index (χ0v) is 16.1. The summed E-state index contributed by atoms with van der Waals surface area (Å²) in [7, 11) is 4.80. The number of aliphatic hydroxyl groups excluding tert-OH is 1. The third kappa shape index (κ3) is 4.35. The van der Waals surface area contributed by atoms with Gasteiger partial charge in [-0.1, -0.05) is 24.3 Å². The monoisotopic (exact) mass is 373 g/mol. The van der Waals surface area contributed by atoms with Gasteiger partial charge in [-0.15, -0.1) is 0 Å². The van der Waals surface area contributed by atoms with E-state index < -0.39 is 6.10 Å². The van der Waals surface area contributed by atoms with Gasteiger partial charge in [0.2, 0.25) is 5.75 Å². The van der Waals surface area contributed by atoms with Crippen molar-refractivity contribution in [3.63, 3.8) is 0 Å². The van der Waals surface area contributed by atoms with Crippen LogP contribution in [0.2, 0.25) is 0 Å². The van der Waals surface area contributed by atoms with E-state index in [2.05, 4.69) is 4.90 Å². The maximum Gasteiger partial charge on any atom is 0.203 e. The fourth-order valence-electron chi connectivity index (χ4n) is 3.35. The number of aliphatic hydroxyl groups is 1. The third-order valence-electron chi connectivity index (χ3n) is 4.85. The quantitative estimate of drug-likeness (QED) is 0.805. The van der Waals surface area contributed by atoms with Gasteiger partial charge >= 0.3 is 0 Å². The second-order valence-electron chi connectivity index (χ2n) is 6.43. The highest BCUT2D eigenvalue weighted by molar-refractivity contribution is 5.76. The molecule has 1 atom stereocenters. The van der Waals surface area contributed by atoms with Crippen molar-refractivity contribution in [2.45, 2.75) is 6.10 Å². The molecular weight excluding hydrogens is 346 g/mol. The molecule has 0 saturated carbocycles. The molecular formula is C21H27NO5. The number of methoxy groups -OCH3 is 3. The summed E-state index contributed by atoms with van der Waals surface area (Å²) in [5, 5.41) is 10.5. The molecule has 146 valence electrons. The van der Waals surface area contributed by atoms with Crippen LogP contribution in [0.3, 0.4) is 0 Å². The summed E-state index contributed by atoms with van der Waals surface area (Å²) in [4.78, 5) is 2.22. The van der Waals surface area contributed by atoms with Gasteiger partial charge in [-0.05, 0) is 23.3 Å². The van der Waals surface area contributed by atoms with Crippen LogP contribution in [-0.4, -0.2) is 64.2 Å². The van der Waals surface area contributed by atoms with E-state index in [1.165, 1.54) is 0 Å². The number of rotatable bonds is 7. The molecule has 1 saturated heterocycles. The van der Waals surface area contributed by atoms with Crippen LogP contribution in [0.1, 0.15) is 11.7 Å². The van der Waals surface area contributed by atoms with Gasteiger partial charge in [0.05, 0.1) is 40.6 Å². The van der Waals surface area contributed by atoms with Crippen LogP contribution in [0.25, 0.3) is 11.1 Å². The van der Waals surface area contributed by atoms with Crippen LogP contribution in [0.5, 0.6) is 17.2 Å². The van der Waals surface area contributed by atoms with Crippen molar-refractivity contribution in [2.24, 2.45) is 0 Å². The van der Waals surface area contributed by atoms with E-state index >= 15 is 0 Å². The molecule has 3 rings (SSSR count). The van der Waals surface area contributed by atoms with E-state index in [-0.39, 0.29) is 0 Å². The lowest BCUT2D eigenvalue weighted by atomic mass is 10.00. The van der Waals surface area contributed by atoms with Crippen LogP contribution in [0, 0.1) is 0 Å². The summed E-state index contributed by atoms with van der Waals surface area (Å²) < 4.78 is 21.7. The number of hydrogen-bond donors (Lipinski definition) is 1. The Labute approximate surface area is 160 Å². The van der Waals surface area contributed by atoms with Crippen molar-refractivity contribution in [1.82, 2.24) is 4.90 Å². The Kier molecular flexibility index (Phi) is 6.55. The fourth-order valence-corrected chi connectivity index (χ4v) is 3.35. The average Bonchev–Trinajstić information content (AvgIpc) is 2.73. The summed E-state index contributed by atoms with van der Waals surface area (Å²) in [5.41, 5.74) is 2.78. The van der Waals surface area contributed by atoms with Gasteiger partial charge in [-0.3, -0.25) is 4.90 Å². The summed E-state index contributed by atoms with van der Waals surface area (Å²) in [6.45, 7) is 3.79. The van der Waals surface area contributed by atoms with E-state index in [1.807, 2.05) is 36.4 Å². The van der Waals surface area contributed by atoms with E-state index in [4.69, 9.17) is 18.9 Å². The first-order chi connectivity index (χ1) is 13.2. The maximum atomic E-state index is 10.5. The summed E-state index contributed by atoms with van der Waals surface area (Å²) in [5.74, 6) is 1.81. The molecule has 0 unspecified atom stereocenters. The van der Waals surface area contributed by atoms with Crippen molar-refractivity contribution in [3.05, 3.63) is 42.0 Å².